The maximum Gasteiger partial charge on any atom is 0.332 e. The molecule has 0 aromatic rings. The van der Waals surface area contributed by atoms with Crippen LogP contribution in [0.25, 0.3) is 0 Å². The summed E-state index contributed by atoms with van der Waals surface area (Å²) >= 11 is 5.47. The Morgan fingerprint density at radius 3 is 1.63 bits per heavy atom. The number of hydrogen-bond donors (Lipinski definition) is 0. The van der Waals surface area contributed by atoms with Crippen LogP contribution in [-0.2, 0) is 23.9 Å². The zero-order valence-corrected chi connectivity index (χ0v) is 18.4. The van der Waals surface area contributed by atoms with Crippen LogP contribution in [0.5, 0.6) is 0 Å². The van der Waals surface area contributed by atoms with Gasteiger partial charge in [-0.1, -0.05) is 33.1 Å². The molecule has 0 aliphatic rings. The van der Waals surface area contributed by atoms with E-state index in [-0.39, 0.29) is 17.5 Å². The normalized spacial score (nSPS) is 8.74. The van der Waals surface area contributed by atoms with Gasteiger partial charge < -0.3 is 19.4 Å². The van der Waals surface area contributed by atoms with Crippen molar-refractivity contribution in [3.63, 3.8) is 0 Å². The molecule has 0 aromatic carbocycles. The first kappa shape index (κ1) is 32.5. The molecule has 0 atom stereocenters. The maximum atomic E-state index is 10.2. The van der Waals surface area contributed by atoms with Crippen LogP contribution in [0, 0.1) is 0 Å². The number of esters is 2. The highest BCUT2D eigenvalue weighted by Crippen LogP contribution is 1.98. The summed E-state index contributed by atoms with van der Waals surface area (Å²) in [6.45, 7) is 15.5. The van der Waals surface area contributed by atoms with Gasteiger partial charge in [-0.15, -0.1) is 0 Å². The molecule has 0 unspecified atom stereocenters. The third-order valence-corrected chi connectivity index (χ3v) is 1.83. The second kappa shape index (κ2) is 20.2. The van der Waals surface area contributed by atoms with Crippen molar-refractivity contribution in [2.45, 2.75) is 33.6 Å². The number of carboxylic acids is 1. The Balaban J connectivity index is -0.000000132. The predicted molar refractivity (Wildman–Crippen MR) is 107 cm³/mol. The number of carbonyl (C=O) groups excluding carboxylic acids is 3. The molecular weight excluding hydrogens is 374 g/mol. The lowest BCUT2D eigenvalue weighted by molar-refractivity contribution is -0.747. The molecule has 7 nitrogen and oxygen atoms in total. The number of aliphatic carboxylic acids is 1. The molecule has 0 aliphatic heterocycles. The average Bonchev–Trinajstić information content (AvgIpc) is 2.53. The third-order valence-electron chi connectivity index (χ3n) is 1.83. The highest BCUT2D eigenvalue weighted by molar-refractivity contribution is 6.06. The minimum absolute atomic E-state index is 0.188. The van der Waals surface area contributed by atoms with Crippen molar-refractivity contribution >= 4 is 29.7 Å². The number of carbonyl (C=O) groups is 3. The van der Waals surface area contributed by atoms with Crippen LogP contribution in [0.4, 0.5) is 0 Å². The number of hydrogen-bond acceptors (Lipinski definition) is 6. The number of rotatable bonds is 6. The summed E-state index contributed by atoms with van der Waals surface area (Å²) in [5.74, 6) is -1.84. The van der Waals surface area contributed by atoms with Crippen LogP contribution in [0.2, 0.25) is 0 Å². The molecule has 158 valence electrons. The summed E-state index contributed by atoms with van der Waals surface area (Å²) in [5.41, 5.74) is 0.620. The lowest BCUT2D eigenvalue weighted by atomic mass is 10.2. The van der Waals surface area contributed by atoms with Crippen molar-refractivity contribution in [3.8, 4) is 0 Å². The highest BCUT2D eigenvalue weighted by Gasteiger charge is 1.96. The highest BCUT2D eigenvalue weighted by atomic mass is 35.5. The lowest BCUT2D eigenvalue weighted by Crippen LogP contribution is -2.23. The molecule has 0 aromatic heterocycles. The minimum Gasteiger partial charge on any atom is -0.545 e. The van der Waals surface area contributed by atoms with Crippen molar-refractivity contribution in [2.75, 3.05) is 34.9 Å². The summed E-state index contributed by atoms with van der Waals surface area (Å²) < 4.78 is 9.18. The summed E-state index contributed by atoms with van der Waals surface area (Å²) in [7, 11) is 7.00. The number of nitrogens with zero attached hydrogens (tertiary/aromatic N) is 1. The number of halogens is 1. The van der Waals surface area contributed by atoms with Gasteiger partial charge >= 0.3 is 11.9 Å². The number of quaternary nitrogens is 1. The molecule has 0 radical (unpaired) electrons. The maximum absolute atomic E-state index is 10.2. The fraction of sp³-hybridized carbons (Fsp3) is 0.526. The molecule has 0 fully saturated rings. The number of methoxy groups -OCH3 is 1. The Morgan fingerprint density at radius 1 is 1.15 bits per heavy atom. The minimum atomic E-state index is -1.13. The van der Waals surface area contributed by atoms with Gasteiger partial charge in [0.2, 0.25) is 0 Å². The summed E-state index contributed by atoms with van der Waals surface area (Å²) in [6.07, 6.45) is 2.48. The molecule has 0 saturated carbocycles. The van der Waals surface area contributed by atoms with E-state index in [0.717, 1.165) is 12.5 Å². The Labute approximate surface area is 168 Å². The van der Waals surface area contributed by atoms with Gasteiger partial charge in [0.1, 0.15) is 0 Å². The first-order valence-electron chi connectivity index (χ1n) is 8.10. The quantitative estimate of drug-likeness (QED) is 0.381. The second-order valence-electron chi connectivity index (χ2n) is 5.72. The van der Waals surface area contributed by atoms with Gasteiger partial charge in [0.15, 0.2) is 11.8 Å². The Kier molecular flexibility index (Phi) is 24.3. The molecule has 0 heterocycles. The van der Waals surface area contributed by atoms with Gasteiger partial charge in [0.05, 0.1) is 40.8 Å². The summed E-state index contributed by atoms with van der Waals surface area (Å²) in [4.78, 5) is 30.1. The van der Waals surface area contributed by atoms with E-state index in [0.29, 0.717) is 22.6 Å². The zero-order chi connectivity index (χ0) is 22.6. The van der Waals surface area contributed by atoms with Crippen LogP contribution >= 0.6 is 11.8 Å². The van der Waals surface area contributed by atoms with Crippen molar-refractivity contribution in [3.05, 3.63) is 37.0 Å². The first-order valence-corrected chi connectivity index (χ1v) is 8.44. The van der Waals surface area contributed by atoms with E-state index in [4.69, 9.17) is 11.8 Å². The van der Waals surface area contributed by atoms with Crippen LogP contribution < -0.4 is 5.11 Å². The van der Waals surface area contributed by atoms with Gasteiger partial charge in [0.25, 0.3) is 0 Å². The molecule has 0 N–H and O–H groups in total. The monoisotopic (exact) mass is 407 g/mol. The Hall–Kier alpha value is -2.12. The molecule has 0 spiro atoms. The SMILES string of the molecule is C=C(C)C(=O)OC.C=C(CCC)C(=O)[O-].C=CC(=O)OCC.C[N+](C)(C)Cl. The largest absolute Gasteiger partial charge is 0.545 e. The summed E-state index contributed by atoms with van der Waals surface area (Å²) in [6, 6.07) is 0. The third kappa shape index (κ3) is 45.3. The van der Waals surface area contributed by atoms with E-state index in [1.807, 2.05) is 28.1 Å². The van der Waals surface area contributed by atoms with Gasteiger partial charge in [-0.25, -0.2) is 13.6 Å². The standard InChI is InChI=1S/C6H10O2.2C5H8O2.C3H9ClN/c1-3-4-5(2)6(7)8;1-4(2)5(6)7-3;1-3-5(6)7-4-2;1-5(2,3)4/h2-4H2,1H3,(H,7,8);1H2,2-3H3;3H,1,4H2,2H3;1-3H3/q;;;+1/p-1. The van der Waals surface area contributed by atoms with Crippen LogP contribution in [-0.4, -0.2) is 56.8 Å². The van der Waals surface area contributed by atoms with Crippen LogP contribution in [0.3, 0.4) is 0 Å². The number of carboxylic acid groups (broad SMARTS) is 1. The van der Waals surface area contributed by atoms with Crippen LogP contribution in [0.1, 0.15) is 33.6 Å². The molecule has 0 bridgehead atoms. The lowest BCUT2D eigenvalue weighted by Gasteiger charge is -2.07. The van der Waals surface area contributed by atoms with E-state index < -0.39 is 5.97 Å². The zero-order valence-electron chi connectivity index (χ0n) is 17.6. The van der Waals surface area contributed by atoms with E-state index in [9.17, 15) is 19.5 Å². The smallest absolute Gasteiger partial charge is 0.332 e. The topological polar surface area (TPSA) is 92.7 Å². The van der Waals surface area contributed by atoms with Gasteiger partial charge in [0, 0.05) is 11.6 Å². The fourth-order valence-corrected chi connectivity index (χ4v) is 0.779. The molecule has 8 heteroatoms. The van der Waals surface area contributed by atoms with Gasteiger partial charge in [-0.3, -0.25) is 0 Å². The fourth-order valence-electron chi connectivity index (χ4n) is 0.779. The van der Waals surface area contributed by atoms with Crippen molar-refractivity contribution in [1.82, 2.24) is 0 Å². The average molecular weight is 408 g/mol. The molecular formula is C19H34ClNO6. The van der Waals surface area contributed by atoms with Crippen molar-refractivity contribution in [2.24, 2.45) is 0 Å². The molecule has 0 rings (SSSR count). The van der Waals surface area contributed by atoms with Gasteiger partial charge in [-0.05, 0) is 25.8 Å². The van der Waals surface area contributed by atoms with Crippen LogP contribution in [0.15, 0.2) is 37.0 Å². The van der Waals surface area contributed by atoms with E-state index >= 15 is 0 Å². The Morgan fingerprint density at radius 2 is 1.56 bits per heavy atom. The predicted octanol–water partition coefficient (Wildman–Crippen LogP) is 2.41. The molecule has 0 amide bonds. The molecule has 27 heavy (non-hydrogen) atoms. The molecule has 0 aliphatic carbocycles. The van der Waals surface area contributed by atoms with Gasteiger partial charge in [-0.2, -0.15) is 0 Å². The van der Waals surface area contributed by atoms with E-state index in [2.05, 4.69) is 29.2 Å². The number of ether oxygens (including phenoxy) is 2. The van der Waals surface area contributed by atoms with Crippen molar-refractivity contribution < 1.29 is 33.0 Å². The van der Waals surface area contributed by atoms with E-state index in [1.54, 1.807) is 13.8 Å². The Bertz CT molecular complexity index is 473. The molecule has 0 saturated heterocycles. The first-order chi connectivity index (χ1) is 12.2. The van der Waals surface area contributed by atoms with E-state index in [1.165, 1.54) is 7.11 Å². The second-order valence-corrected chi connectivity index (χ2v) is 6.73. The summed E-state index contributed by atoms with van der Waals surface area (Å²) in [5, 5.41) is 9.88. The van der Waals surface area contributed by atoms with Crippen molar-refractivity contribution in [1.29, 1.82) is 0 Å².